The predicted molar refractivity (Wildman–Crippen MR) is 128 cm³/mol. The van der Waals surface area contributed by atoms with Gasteiger partial charge in [0.15, 0.2) is 23.0 Å². The first-order chi connectivity index (χ1) is 16.7. The molecule has 0 aliphatic rings. The van der Waals surface area contributed by atoms with Gasteiger partial charge in [0, 0.05) is 11.3 Å². The van der Waals surface area contributed by atoms with Crippen molar-refractivity contribution in [2.24, 2.45) is 0 Å². The summed E-state index contributed by atoms with van der Waals surface area (Å²) >= 11 is 0. The van der Waals surface area contributed by atoms with Crippen LogP contribution in [0, 0.1) is 21.4 Å². The van der Waals surface area contributed by atoms with Crippen LogP contribution in [0.3, 0.4) is 0 Å². The third kappa shape index (κ3) is 6.25. The van der Waals surface area contributed by atoms with E-state index in [1.165, 1.54) is 35.5 Å². The van der Waals surface area contributed by atoms with Crippen molar-refractivity contribution in [1.29, 1.82) is 5.26 Å². The molecule has 0 heterocycles. The van der Waals surface area contributed by atoms with Crippen LogP contribution in [0.15, 0.2) is 30.3 Å². The molecule has 10 nitrogen and oxygen atoms in total. The topological polar surface area (TPSA) is 133 Å². The number of ether oxygens (including phenoxy) is 5. The van der Waals surface area contributed by atoms with Crippen molar-refractivity contribution in [3.63, 3.8) is 0 Å². The van der Waals surface area contributed by atoms with Crippen LogP contribution in [0.1, 0.15) is 30.9 Å². The summed E-state index contributed by atoms with van der Waals surface area (Å²) in [6.45, 7) is 1.70. The van der Waals surface area contributed by atoms with Crippen LogP contribution >= 0.6 is 0 Å². The molecule has 2 rings (SSSR count). The Hall–Kier alpha value is -3.71. The minimum Gasteiger partial charge on any atom is -0.493 e. The van der Waals surface area contributed by atoms with Crippen LogP contribution in [0.2, 0.25) is 0 Å². The summed E-state index contributed by atoms with van der Waals surface area (Å²) in [5.41, 5.74) is 0.133. The van der Waals surface area contributed by atoms with Gasteiger partial charge in [-0.3, -0.25) is 10.1 Å². The third-order valence-electron chi connectivity index (χ3n) is 6.10. The first-order valence-corrected chi connectivity index (χ1v) is 10.9. The average molecular weight is 489 g/mol. The van der Waals surface area contributed by atoms with Crippen molar-refractivity contribution in [2.75, 3.05) is 35.5 Å². The number of hydrogen-bond acceptors (Lipinski definition) is 9. The maximum atomic E-state index is 11.8. The van der Waals surface area contributed by atoms with Gasteiger partial charge in [0.1, 0.15) is 6.10 Å². The lowest BCUT2D eigenvalue weighted by Gasteiger charge is -2.26. The van der Waals surface area contributed by atoms with Crippen LogP contribution in [-0.2, 0) is 11.8 Å². The standard InChI is InChI=1S/C25H32N2O8/c1-25(15-26,17-13-22(33-4)24(35-6)23(14-17)34-5)10-9-19(28)18(27(29)30)11-16-7-8-20(31-2)21(12-16)32-3/h7-8,12-14,18-19,28H,9-11H2,1-6H3. The summed E-state index contributed by atoms with van der Waals surface area (Å²) in [5, 5.41) is 32.6. The largest absolute Gasteiger partial charge is 0.493 e. The Morgan fingerprint density at radius 2 is 1.54 bits per heavy atom. The zero-order valence-corrected chi connectivity index (χ0v) is 20.9. The van der Waals surface area contributed by atoms with Gasteiger partial charge < -0.3 is 28.8 Å². The molecule has 3 unspecified atom stereocenters. The van der Waals surface area contributed by atoms with E-state index >= 15 is 0 Å². The van der Waals surface area contributed by atoms with Crippen LogP contribution in [0.25, 0.3) is 0 Å². The summed E-state index contributed by atoms with van der Waals surface area (Å²) < 4.78 is 26.6. The number of rotatable bonds is 13. The fourth-order valence-electron chi connectivity index (χ4n) is 3.89. The molecule has 0 saturated carbocycles. The first kappa shape index (κ1) is 27.5. The number of aliphatic hydroxyl groups is 1. The Kier molecular flexibility index (Phi) is 9.54. The molecular weight excluding hydrogens is 456 g/mol. The van der Waals surface area contributed by atoms with E-state index < -0.39 is 22.5 Å². The molecule has 0 aliphatic carbocycles. The summed E-state index contributed by atoms with van der Waals surface area (Å²) in [6, 6.07) is 9.36. The molecule has 0 fully saturated rings. The summed E-state index contributed by atoms with van der Waals surface area (Å²) in [6.07, 6.45) is -1.10. The second-order valence-corrected chi connectivity index (χ2v) is 8.21. The molecule has 0 spiro atoms. The van der Waals surface area contributed by atoms with Gasteiger partial charge in [0.25, 0.3) is 0 Å². The normalized spacial score (nSPS) is 14.1. The molecule has 0 aromatic heterocycles. The Morgan fingerprint density at radius 3 is 2.00 bits per heavy atom. The minimum absolute atomic E-state index is 0.0119. The quantitative estimate of drug-likeness (QED) is 0.332. The number of aliphatic hydroxyl groups excluding tert-OH is 1. The molecule has 0 saturated heterocycles. The van der Waals surface area contributed by atoms with Crippen LogP contribution in [0.4, 0.5) is 0 Å². The molecule has 0 radical (unpaired) electrons. The molecule has 0 amide bonds. The van der Waals surface area contributed by atoms with Crippen molar-refractivity contribution in [3.05, 3.63) is 51.6 Å². The number of nitriles is 1. The van der Waals surface area contributed by atoms with Gasteiger partial charge in [-0.15, -0.1) is 0 Å². The SMILES string of the molecule is COc1ccc(CC(C(O)CCC(C)(C#N)c2cc(OC)c(OC)c(OC)c2)[N+](=O)[O-])cc1OC. The van der Waals surface area contributed by atoms with E-state index in [2.05, 4.69) is 6.07 Å². The highest BCUT2D eigenvalue weighted by Crippen LogP contribution is 2.42. The Morgan fingerprint density at radius 1 is 0.971 bits per heavy atom. The summed E-state index contributed by atoms with van der Waals surface area (Å²) in [4.78, 5) is 11.3. The molecule has 0 bridgehead atoms. The van der Waals surface area contributed by atoms with E-state index in [-0.39, 0.29) is 19.3 Å². The van der Waals surface area contributed by atoms with Crippen LogP contribution in [-0.4, -0.2) is 57.7 Å². The van der Waals surface area contributed by atoms with Gasteiger partial charge in [-0.1, -0.05) is 6.07 Å². The van der Waals surface area contributed by atoms with Crippen LogP contribution in [0.5, 0.6) is 28.7 Å². The summed E-state index contributed by atoms with van der Waals surface area (Å²) in [5.74, 6) is 2.12. The summed E-state index contributed by atoms with van der Waals surface area (Å²) in [7, 11) is 7.42. The zero-order chi connectivity index (χ0) is 26.2. The highest BCUT2D eigenvalue weighted by atomic mass is 16.6. The second-order valence-electron chi connectivity index (χ2n) is 8.21. The molecule has 3 atom stereocenters. The van der Waals surface area contributed by atoms with E-state index in [1.807, 2.05) is 0 Å². The molecule has 1 N–H and O–H groups in total. The number of methoxy groups -OCH3 is 5. The fourth-order valence-corrected chi connectivity index (χ4v) is 3.89. The lowest BCUT2D eigenvalue weighted by atomic mass is 9.78. The number of benzene rings is 2. The minimum atomic E-state index is -1.28. The molecule has 10 heteroatoms. The van der Waals surface area contributed by atoms with Gasteiger partial charge in [-0.05, 0) is 55.2 Å². The van der Waals surface area contributed by atoms with E-state index in [0.29, 0.717) is 39.9 Å². The monoisotopic (exact) mass is 488 g/mol. The average Bonchev–Trinajstić information content (AvgIpc) is 2.88. The molecule has 2 aromatic carbocycles. The number of nitro groups is 1. The molecule has 190 valence electrons. The van der Waals surface area contributed by atoms with Gasteiger partial charge in [-0.2, -0.15) is 5.26 Å². The highest BCUT2D eigenvalue weighted by Gasteiger charge is 2.35. The van der Waals surface area contributed by atoms with Gasteiger partial charge >= 0.3 is 0 Å². The lowest BCUT2D eigenvalue weighted by molar-refractivity contribution is -0.534. The zero-order valence-electron chi connectivity index (χ0n) is 20.9. The van der Waals surface area contributed by atoms with E-state index in [9.17, 15) is 20.5 Å². The van der Waals surface area contributed by atoms with Crippen molar-refractivity contribution < 1.29 is 33.7 Å². The molecule has 0 aliphatic heterocycles. The van der Waals surface area contributed by atoms with Gasteiger partial charge in [0.05, 0.1) is 47.0 Å². The van der Waals surface area contributed by atoms with Crippen LogP contribution < -0.4 is 23.7 Å². The lowest BCUT2D eigenvalue weighted by Crippen LogP contribution is -2.37. The number of nitrogens with zero attached hydrogens (tertiary/aromatic N) is 2. The van der Waals surface area contributed by atoms with E-state index in [4.69, 9.17) is 23.7 Å². The maximum Gasteiger partial charge on any atom is 0.242 e. The molecule has 2 aromatic rings. The molecular formula is C25H32N2O8. The molecule has 35 heavy (non-hydrogen) atoms. The fraction of sp³-hybridized carbons (Fsp3) is 0.480. The van der Waals surface area contributed by atoms with Crippen molar-refractivity contribution >= 4 is 0 Å². The Balaban J connectivity index is 2.26. The predicted octanol–water partition coefficient (Wildman–Crippen LogP) is 3.54. The van der Waals surface area contributed by atoms with E-state index in [1.54, 1.807) is 37.3 Å². The van der Waals surface area contributed by atoms with Crippen molar-refractivity contribution in [3.8, 4) is 34.8 Å². The van der Waals surface area contributed by atoms with E-state index in [0.717, 1.165) is 0 Å². The Labute approximate surface area is 205 Å². The maximum absolute atomic E-state index is 11.8. The van der Waals surface area contributed by atoms with Gasteiger partial charge in [0.2, 0.25) is 11.8 Å². The van der Waals surface area contributed by atoms with Gasteiger partial charge in [-0.25, -0.2) is 0 Å². The number of hydrogen-bond donors (Lipinski definition) is 1. The van der Waals surface area contributed by atoms with Crippen molar-refractivity contribution in [1.82, 2.24) is 0 Å². The smallest absolute Gasteiger partial charge is 0.242 e. The Bertz CT molecular complexity index is 1040. The first-order valence-electron chi connectivity index (χ1n) is 10.9. The second kappa shape index (κ2) is 12.1. The highest BCUT2D eigenvalue weighted by molar-refractivity contribution is 5.56. The van der Waals surface area contributed by atoms with Crippen molar-refractivity contribution in [2.45, 2.75) is 43.7 Å². The third-order valence-corrected chi connectivity index (χ3v) is 6.10.